The van der Waals surface area contributed by atoms with Crippen molar-refractivity contribution in [2.24, 2.45) is 0 Å². The van der Waals surface area contributed by atoms with Gasteiger partial charge >= 0.3 is 0 Å². The Morgan fingerprint density at radius 1 is 1.27 bits per heavy atom. The van der Waals surface area contributed by atoms with Crippen LogP contribution in [0.3, 0.4) is 0 Å². The van der Waals surface area contributed by atoms with Crippen molar-refractivity contribution in [1.82, 2.24) is 24.6 Å². The van der Waals surface area contributed by atoms with Gasteiger partial charge in [0, 0.05) is 13.1 Å². The van der Waals surface area contributed by atoms with Gasteiger partial charge in [0.2, 0.25) is 5.89 Å². The van der Waals surface area contributed by atoms with Crippen LogP contribution in [-0.2, 0) is 17.8 Å². The SMILES string of the molecule is c1ccc2oc(CN3CCO[C@@H](Cn4cncn4)C3)nc2c1. The van der Waals surface area contributed by atoms with Gasteiger partial charge in [0.25, 0.3) is 0 Å². The summed E-state index contributed by atoms with van der Waals surface area (Å²) in [6.45, 7) is 3.83. The van der Waals surface area contributed by atoms with E-state index in [2.05, 4.69) is 20.0 Å². The highest BCUT2D eigenvalue weighted by molar-refractivity contribution is 5.72. The van der Waals surface area contributed by atoms with Gasteiger partial charge in [0.05, 0.1) is 25.8 Å². The second-order valence-corrected chi connectivity index (χ2v) is 5.42. The molecule has 7 heteroatoms. The fraction of sp³-hybridized carbons (Fsp3) is 0.400. The smallest absolute Gasteiger partial charge is 0.209 e. The molecule has 0 saturated carbocycles. The summed E-state index contributed by atoms with van der Waals surface area (Å²) in [6, 6.07) is 7.84. The van der Waals surface area contributed by atoms with Crippen molar-refractivity contribution in [3.63, 3.8) is 0 Å². The molecule has 1 saturated heterocycles. The van der Waals surface area contributed by atoms with Crippen LogP contribution in [-0.4, -0.2) is 50.4 Å². The topological polar surface area (TPSA) is 69.2 Å². The van der Waals surface area contributed by atoms with Gasteiger partial charge in [-0.15, -0.1) is 0 Å². The van der Waals surface area contributed by atoms with Crippen LogP contribution in [0.4, 0.5) is 0 Å². The van der Waals surface area contributed by atoms with E-state index in [0.717, 1.165) is 30.1 Å². The van der Waals surface area contributed by atoms with E-state index in [4.69, 9.17) is 9.15 Å². The van der Waals surface area contributed by atoms with E-state index in [1.807, 2.05) is 24.3 Å². The lowest BCUT2D eigenvalue weighted by Crippen LogP contribution is -2.43. The monoisotopic (exact) mass is 299 g/mol. The Kier molecular flexibility index (Phi) is 3.57. The zero-order chi connectivity index (χ0) is 14.8. The molecule has 0 amide bonds. The highest BCUT2D eigenvalue weighted by atomic mass is 16.5. The number of para-hydroxylation sites is 2. The molecule has 0 unspecified atom stereocenters. The Morgan fingerprint density at radius 2 is 2.23 bits per heavy atom. The third-order valence-electron chi connectivity index (χ3n) is 3.78. The molecule has 0 bridgehead atoms. The van der Waals surface area contributed by atoms with Crippen molar-refractivity contribution in [3.8, 4) is 0 Å². The lowest BCUT2D eigenvalue weighted by Gasteiger charge is -2.31. The number of rotatable bonds is 4. The summed E-state index contributed by atoms with van der Waals surface area (Å²) in [4.78, 5) is 10.8. The molecule has 1 aromatic carbocycles. The van der Waals surface area contributed by atoms with E-state index >= 15 is 0 Å². The number of benzene rings is 1. The normalized spacial score (nSPS) is 19.7. The van der Waals surface area contributed by atoms with E-state index < -0.39 is 0 Å². The molecule has 0 radical (unpaired) electrons. The van der Waals surface area contributed by atoms with Crippen LogP contribution < -0.4 is 0 Å². The number of hydrogen-bond donors (Lipinski definition) is 0. The van der Waals surface area contributed by atoms with Crippen molar-refractivity contribution in [3.05, 3.63) is 42.8 Å². The lowest BCUT2D eigenvalue weighted by molar-refractivity contribution is -0.0421. The van der Waals surface area contributed by atoms with Gasteiger partial charge in [-0.2, -0.15) is 5.10 Å². The highest BCUT2D eigenvalue weighted by Gasteiger charge is 2.22. The van der Waals surface area contributed by atoms with Crippen molar-refractivity contribution >= 4 is 11.1 Å². The van der Waals surface area contributed by atoms with Gasteiger partial charge in [0.1, 0.15) is 18.2 Å². The van der Waals surface area contributed by atoms with Crippen molar-refractivity contribution in [2.45, 2.75) is 19.2 Å². The summed E-state index contributed by atoms with van der Waals surface area (Å²) in [5, 5.41) is 4.12. The fourth-order valence-corrected chi connectivity index (χ4v) is 2.75. The Labute approximate surface area is 127 Å². The Hall–Kier alpha value is -2.25. The molecule has 3 heterocycles. The highest BCUT2D eigenvalue weighted by Crippen LogP contribution is 2.17. The number of fused-ring (bicyclic) bond motifs is 1. The van der Waals surface area contributed by atoms with Gasteiger partial charge in [-0.1, -0.05) is 12.1 Å². The molecule has 4 rings (SSSR count). The lowest BCUT2D eigenvalue weighted by atomic mass is 10.2. The van der Waals surface area contributed by atoms with Crippen molar-refractivity contribution in [2.75, 3.05) is 19.7 Å². The second-order valence-electron chi connectivity index (χ2n) is 5.42. The predicted octanol–water partition coefficient (Wildman–Crippen LogP) is 1.32. The van der Waals surface area contributed by atoms with Crippen LogP contribution >= 0.6 is 0 Å². The number of morpholine rings is 1. The average molecular weight is 299 g/mol. The maximum absolute atomic E-state index is 5.80. The number of ether oxygens (including phenoxy) is 1. The number of aromatic nitrogens is 4. The Balaban J connectivity index is 1.41. The molecule has 114 valence electrons. The van der Waals surface area contributed by atoms with Gasteiger partial charge in [-0.05, 0) is 12.1 Å². The number of nitrogens with zero attached hydrogens (tertiary/aromatic N) is 5. The molecule has 1 atom stereocenters. The first-order chi connectivity index (χ1) is 10.9. The molecule has 0 aliphatic carbocycles. The summed E-state index contributed by atoms with van der Waals surface area (Å²) in [6.07, 6.45) is 3.36. The maximum Gasteiger partial charge on any atom is 0.209 e. The van der Waals surface area contributed by atoms with Gasteiger partial charge < -0.3 is 9.15 Å². The molecule has 1 fully saturated rings. The van der Waals surface area contributed by atoms with Crippen LogP contribution in [0.1, 0.15) is 5.89 Å². The summed E-state index contributed by atoms with van der Waals surface area (Å²) in [5.41, 5.74) is 1.75. The van der Waals surface area contributed by atoms with Gasteiger partial charge in [0.15, 0.2) is 5.58 Å². The molecule has 1 aliphatic heterocycles. The summed E-state index contributed by atoms with van der Waals surface area (Å²) >= 11 is 0. The molecular weight excluding hydrogens is 282 g/mol. The van der Waals surface area contributed by atoms with Crippen LogP contribution in [0.2, 0.25) is 0 Å². The van der Waals surface area contributed by atoms with Gasteiger partial charge in [-0.25, -0.2) is 9.97 Å². The molecule has 0 spiro atoms. The maximum atomic E-state index is 5.80. The fourth-order valence-electron chi connectivity index (χ4n) is 2.75. The van der Waals surface area contributed by atoms with E-state index in [1.54, 1.807) is 17.3 Å². The molecular formula is C15H17N5O2. The Morgan fingerprint density at radius 3 is 3.09 bits per heavy atom. The largest absolute Gasteiger partial charge is 0.439 e. The standard InChI is InChI=1S/C15H17N5O2/c1-2-4-14-13(3-1)18-15(22-14)9-19-5-6-21-12(7-19)8-20-11-16-10-17-20/h1-4,10-12H,5-9H2/t12-/m1/s1. The van der Waals surface area contributed by atoms with Crippen molar-refractivity contribution in [1.29, 1.82) is 0 Å². The zero-order valence-electron chi connectivity index (χ0n) is 12.1. The van der Waals surface area contributed by atoms with E-state index in [1.165, 1.54) is 0 Å². The average Bonchev–Trinajstić information content (AvgIpc) is 3.16. The number of oxazole rings is 1. The zero-order valence-corrected chi connectivity index (χ0v) is 12.1. The predicted molar refractivity (Wildman–Crippen MR) is 79.0 cm³/mol. The van der Waals surface area contributed by atoms with Crippen LogP contribution in [0.15, 0.2) is 41.3 Å². The van der Waals surface area contributed by atoms with Crippen LogP contribution in [0.5, 0.6) is 0 Å². The third kappa shape index (κ3) is 2.86. The summed E-state index contributed by atoms with van der Waals surface area (Å²) < 4.78 is 13.4. The quantitative estimate of drug-likeness (QED) is 0.723. The first-order valence-electron chi connectivity index (χ1n) is 7.37. The third-order valence-corrected chi connectivity index (χ3v) is 3.78. The Bertz CT molecular complexity index is 706. The minimum Gasteiger partial charge on any atom is -0.439 e. The molecule has 1 aliphatic rings. The summed E-state index contributed by atoms with van der Waals surface area (Å²) in [5.74, 6) is 0.752. The first-order valence-corrected chi connectivity index (χ1v) is 7.37. The summed E-state index contributed by atoms with van der Waals surface area (Å²) in [7, 11) is 0. The van der Waals surface area contributed by atoms with E-state index in [-0.39, 0.29) is 6.10 Å². The molecule has 3 aromatic rings. The van der Waals surface area contributed by atoms with Gasteiger partial charge in [-0.3, -0.25) is 9.58 Å². The first kappa shape index (κ1) is 13.4. The molecule has 22 heavy (non-hydrogen) atoms. The minimum atomic E-state index is 0.111. The van der Waals surface area contributed by atoms with E-state index in [9.17, 15) is 0 Å². The molecule has 0 N–H and O–H groups in total. The van der Waals surface area contributed by atoms with Crippen LogP contribution in [0, 0.1) is 0 Å². The van der Waals surface area contributed by atoms with Crippen molar-refractivity contribution < 1.29 is 9.15 Å². The van der Waals surface area contributed by atoms with E-state index in [0.29, 0.717) is 19.7 Å². The second kappa shape index (κ2) is 5.86. The number of hydrogen-bond acceptors (Lipinski definition) is 6. The van der Waals surface area contributed by atoms with Crippen LogP contribution in [0.25, 0.3) is 11.1 Å². The minimum absolute atomic E-state index is 0.111. The molecule has 2 aromatic heterocycles. The molecule has 7 nitrogen and oxygen atoms in total.